The maximum atomic E-state index is 12.7. The lowest BCUT2D eigenvalue weighted by Crippen LogP contribution is -2.11. The van der Waals surface area contributed by atoms with E-state index in [0.29, 0.717) is 11.8 Å². The van der Waals surface area contributed by atoms with Gasteiger partial charge in [0.2, 0.25) is 0 Å². The Bertz CT molecular complexity index is 666. The SMILES string of the molecule is COc1ccc(-c2nc(C(F)(F)F)ccc2C(=O)O)cc1. The van der Waals surface area contributed by atoms with E-state index in [-0.39, 0.29) is 16.8 Å². The Hall–Kier alpha value is -2.57. The zero-order valence-electron chi connectivity index (χ0n) is 10.8. The lowest BCUT2D eigenvalue weighted by Gasteiger charge is -2.11. The number of rotatable bonds is 3. The number of aromatic nitrogens is 1. The summed E-state index contributed by atoms with van der Waals surface area (Å²) in [7, 11) is 1.44. The molecular weight excluding hydrogens is 287 g/mol. The molecule has 1 aromatic heterocycles. The van der Waals surface area contributed by atoms with Gasteiger partial charge in [0, 0.05) is 5.56 Å². The molecule has 0 radical (unpaired) electrons. The molecule has 0 fully saturated rings. The van der Waals surface area contributed by atoms with Crippen LogP contribution in [0.5, 0.6) is 5.75 Å². The zero-order chi connectivity index (χ0) is 15.6. The number of ether oxygens (including phenoxy) is 1. The second kappa shape index (κ2) is 5.43. The van der Waals surface area contributed by atoms with Crippen LogP contribution in [0.4, 0.5) is 13.2 Å². The topological polar surface area (TPSA) is 59.4 Å². The smallest absolute Gasteiger partial charge is 0.433 e. The van der Waals surface area contributed by atoms with Crippen molar-refractivity contribution in [3.05, 3.63) is 47.7 Å². The molecule has 1 aromatic carbocycles. The maximum Gasteiger partial charge on any atom is 0.433 e. The summed E-state index contributed by atoms with van der Waals surface area (Å²) in [6.45, 7) is 0. The van der Waals surface area contributed by atoms with Crippen LogP contribution in [0.15, 0.2) is 36.4 Å². The molecule has 0 aliphatic heterocycles. The molecule has 110 valence electrons. The number of hydrogen-bond acceptors (Lipinski definition) is 3. The number of pyridine rings is 1. The van der Waals surface area contributed by atoms with Crippen molar-refractivity contribution in [1.29, 1.82) is 0 Å². The summed E-state index contributed by atoms with van der Waals surface area (Å²) in [5.41, 5.74) is -1.41. The van der Waals surface area contributed by atoms with E-state index < -0.39 is 17.8 Å². The van der Waals surface area contributed by atoms with Gasteiger partial charge in [-0.25, -0.2) is 9.78 Å². The van der Waals surface area contributed by atoms with Crippen LogP contribution in [0.2, 0.25) is 0 Å². The monoisotopic (exact) mass is 297 g/mol. The van der Waals surface area contributed by atoms with Crippen molar-refractivity contribution in [2.75, 3.05) is 7.11 Å². The fourth-order valence-electron chi connectivity index (χ4n) is 1.76. The highest BCUT2D eigenvalue weighted by molar-refractivity contribution is 5.94. The van der Waals surface area contributed by atoms with Crippen molar-refractivity contribution in [2.24, 2.45) is 0 Å². The molecule has 0 aliphatic rings. The van der Waals surface area contributed by atoms with Gasteiger partial charge in [-0.05, 0) is 36.4 Å². The normalized spacial score (nSPS) is 11.2. The van der Waals surface area contributed by atoms with Gasteiger partial charge in [-0.1, -0.05) is 0 Å². The van der Waals surface area contributed by atoms with Crippen molar-refractivity contribution >= 4 is 5.97 Å². The number of halogens is 3. The fourth-order valence-corrected chi connectivity index (χ4v) is 1.76. The minimum atomic E-state index is -4.64. The second-order valence-electron chi connectivity index (χ2n) is 4.12. The van der Waals surface area contributed by atoms with E-state index in [1.54, 1.807) is 0 Å². The zero-order valence-corrected chi connectivity index (χ0v) is 10.8. The van der Waals surface area contributed by atoms with Gasteiger partial charge in [0.15, 0.2) is 0 Å². The van der Waals surface area contributed by atoms with Gasteiger partial charge >= 0.3 is 12.1 Å². The van der Waals surface area contributed by atoms with Crippen LogP contribution in [-0.4, -0.2) is 23.2 Å². The second-order valence-corrected chi connectivity index (χ2v) is 4.12. The third-order valence-electron chi connectivity index (χ3n) is 2.78. The summed E-state index contributed by atoms with van der Waals surface area (Å²) in [5.74, 6) is -0.843. The minimum absolute atomic E-state index is 0.236. The summed E-state index contributed by atoms with van der Waals surface area (Å²) >= 11 is 0. The number of alkyl halides is 3. The first-order chi connectivity index (χ1) is 9.82. The average molecular weight is 297 g/mol. The summed E-state index contributed by atoms with van der Waals surface area (Å²) in [6, 6.07) is 7.49. The van der Waals surface area contributed by atoms with E-state index in [9.17, 15) is 18.0 Å². The van der Waals surface area contributed by atoms with Gasteiger partial charge in [0.05, 0.1) is 18.4 Å². The first-order valence-corrected chi connectivity index (χ1v) is 5.79. The van der Waals surface area contributed by atoms with Crippen LogP contribution in [0.3, 0.4) is 0 Å². The number of nitrogens with zero attached hydrogens (tertiary/aromatic N) is 1. The molecular formula is C14H10F3NO3. The van der Waals surface area contributed by atoms with Crippen molar-refractivity contribution in [1.82, 2.24) is 4.98 Å². The lowest BCUT2D eigenvalue weighted by molar-refractivity contribution is -0.141. The van der Waals surface area contributed by atoms with Crippen LogP contribution in [-0.2, 0) is 6.18 Å². The molecule has 0 saturated carbocycles. The van der Waals surface area contributed by atoms with E-state index in [1.165, 1.54) is 31.4 Å². The molecule has 0 unspecified atom stereocenters. The van der Waals surface area contributed by atoms with Crippen molar-refractivity contribution in [3.63, 3.8) is 0 Å². The van der Waals surface area contributed by atoms with E-state index in [1.807, 2.05) is 0 Å². The fraction of sp³-hybridized carbons (Fsp3) is 0.143. The maximum absolute atomic E-state index is 12.7. The predicted molar refractivity (Wildman–Crippen MR) is 68.2 cm³/mol. The van der Waals surface area contributed by atoms with Gasteiger partial charge < -0.3 is 9.84 Å². The predicted octanol–water partition coefficient (Wildman–Crippen LogP) is 3.47. The van der Waals surface area contributed by atoms with E-state index in [0.717, 1.165) is 6.07 Å². The molecule has 2 rings (SSSR count). The van der Waals surface area contributed by atoms with E-state index >= 15 is 0 Å². The van der Waals surface area contributed by atoms with Gasteiger partial charge in [0.25, 0.3) is 0 Å². The summed E-state index contributed by atoms with van der Waals surface area (Å²) in [5, 5.41) is 9.08. The first kappa shape index (κ1) is 14.8. The molecule has 0 aliphatic carbocycles. The minimum Gasteiger partial charge on any atom is -0.497 e. The highest BCUT2D eigenvalue weighted by atomic mass is 19.4. The summed E-state index contributed by atoms with van der Waals surface area (Å²) < 4.78 is 43.1. The number of benzene rings is 1. The summed E-state index contributed by atoms with van der Waals surface area (Å²) in [6.07, 6.45) is -4.64. The van der Waals surface area contributed by atoms with Crippen molar-refractivity contribution < 1.29 is 27.8 Å². The van der Waals surface area contributed by atoms with Crippen molar-refractivity contribution in [3.8, 4) is 17.0 Å². The number of aromatic carboxylic acids is 1. The Balaban J connectivity index is 2.59. The third-order valence-corrected chi connectivity index (χ3v) is 2.78. The van der Waals surface area contributed by atoms with Gasteiger partial charge in [-0.3, -0.25) is 0 Å². The molecule has 0 spiro atoms. The number of carbonyl (C=O) groups is 1. The molecule has 1 heterocycles. The Kier molecular flexibility index (Phi) is 3.84. The Morgan fingerprint density at radius 1 is 1.14 bits per heavy atom. The molecule has 21 heavy (non-hydrogen) atoms. The molecule has 0 atom stereocenters. The Morgan fingerprint density at radius 2 is 1.76 bits per heavy atom. The van der Waals surface area contributed by atoms with Crippen LogP contribution in [0.1, 0.15) is 16.1 Å². The number of methoxy groups -OCH3 is 1. The Morgan fingerprint density at radius 3 is 2.24 bits per heavy atom. The van der Waals surface area contributed by atoms with Crippen LogP contribution >= 0.6 is 0 Å². The summed E-state index contributed by atoms with van der Waals surface area (Å²) in [4.78, 5) is 14.6. The van der Waals surface area contributed by atoms with E-state index in [4.69, 9.17) is 9.84 Å². The first-order valence-electron chi connectivity index (χ1n) is 5.79. The number of hydrogen-bond donors (Lipinski definition) is 1. The highest BCUT2D eigenvalue weighted by Gasteiger charge is 2.33. The standard InChI is InChI=1S/C14H10F3NO3/c1-21-9-4-2-8(3-5-9)12-10(13(19)20)6-7-11(18-12)14(15,16)17/h2-7H,1H3,(H,19,20). The highest BCUT2D eigenvalue weighted by Crippen LogP contribution is 2.31. The lowest BCUT2D eigenvalue weighted by atomic mass is 10.0. The largest absolute Gasteiger partial charge is 0.497 e. The number of carboxylic acids is 1. The molecule has 1 N–H and O–H groups in total. The third kappa shape index (κ3) is 3.13. The quantitative estimate of drug-likeness (QED) is 0.942. The average Bonchev–Trinajstić information content (AvgIpc) is 2.45. The molecule has 0 bridgehead atoms. The van der Waals surface area contributed by atoms with Gasteiger partial charge in [-0.15, -0.1) is 0 Å². The van der Waals surface area contributed by atoms with Gasteiger partial charge in [0.1, 0.15) is 11.4 Å². The Labute approximate surface area is 117 Å². The van der Waals surface area contributed by atoms with Crippen LogP contribution < -0.4 is 4.74 Å². The van der Waals surface area contributed by atoms with Crippen molar-refractivity contribution in [2.45, 2.75) is 6.18 Å². The van der Waals surface area contributed by atoms with Gasteiger partial charge in [-0.2, -0.15) is 13.2 Å². The number of carboxylic acid groups (broad SMARTS) is 1. The molecule has 0 amide bonds. The molecule has 0 saturated heterocycles. The van der Waals surface area contributed by atoms with Crippen LogP contribution in [0, 0.1) is 0 Å². The molecule has 2 aromatic rings. The molecule has 4 nitrogen and oxygen atoms in total. The molecule has 7 heteroatoms. The van der Waals surface area contributed by atoms with E-state index in [2.05, 4.69) is 4.98 Å². The van der Waals surface area contributed by atoms with Crippen LogP contribution in [0.25, 0.3) is 11.3 Å².